The van der Waals surface area contributed by atoms with Crippen LogP contribution in [0.3, 0.4) is 0 Å². The van der Waals surface area contributed by atoms with Gasteiger partial charge in [0, 0.05) is 25.7 Å². The highest BCUT2D eigenvalue weighted by Crippen LogP contribution is 2.27. The number of hydrogen-bond donors (Lipinski definition) is 2. The van der Waals surface area contributed by atoms with Gasteiger partial charge in [-0.05, 0) is 18.8 Å². The van der Waals surface area contributed by atoms with E-state index < -0.39 is 0 Å². The lowest BCUT2D eigenvalue weighted by Gasteiger charge is -2.25. The molecule has 1 saturated carbocycles. The Morgan fingerprint density at radius 3 is 2.38 bits per heavy atom. The largest absolute Gasteiger partial charge is 0.390 e. The van der Waals surface area contributed by atoms with E-state index in [4.69, 9.17) is 5.73 Å². The maximum absolute atomic E-state index is 9.45. The normalized spacial score (nSPS) is 19.8. The van der Waals surface area contributed by atoms with Crippen molar-refractivity contribution in [1.82, 2.24) is 4.90 Å². The number of rotatable bonds is 6. The van der Waals surface area contributed by atoms with Gasteiger partial charge in [-0.1, -0.05) is 13.8 Å². The second kappa shape index (κ2) is 4.94. The molecule has 0 radical (unpaired) electrons. The van der Waals surface area contributed by atoms with Crippen molar-refractivity contribution in [2.75, 3.05) is 19.6 Å². The van der Waals surface area contributed by atoms with E-state index in [0.29, 0.717) is 12.5 Å². The predicted octanol–water partition coefficient (Wildman–Crippen LogP) is 0.426. The molecular weight excluding hydrogens is 164 g/mol. The topological polar surface area (TPSA) is 49.5 Å². The van der Waals surface area contributed by atoms with Gasteiger partial charge in [0.1, 0.15) is 0 Å². The van der Waals surface area contributed by atoms with Crippen molar-refractivity contribution in [3.05, 3.63) is 0 Å². The smallest absolute Gasteiger partial charge is 0.0789 e. The third kappa shape index (κ3) is 4.07. The predicted molar refractivity (Wildman–Crippen MR) is 54.5 cm³/mol. The standard InChI is InChI=1S/C10H22N2O/c1-8(2)6-12(9-3-4-9)7-10(13)5-11/h8-10,13H,3-7,11H2,1-2H3. The number of nitrogens with zero attached hydrogens (tertiary/aromatic N) is 1. The van der Waals surface area contributed by atoms with Gasteiger partial charge in [-0.15, -0.1) is 0 Å². The lowest BCUT2D eigenvalue weighted by molar-refractivity contribution is 0.107. The number of nitrogens with two attached hydrogens (primary N) is 1. The number of hydrogen-bond acceptors (Lipinski definition) is 3. The highest BCUT2D eigenvalue weighted by atomic mass is 16.3. The van der Waals surface area contributed by atoms with Crippen LogP contribution in [0.15, 0.2) is 0 Å². The Hall–Kier alpha value is -0.120. The van der Waals surface area contributed by atoms with Crippen LogP contribution in [0.5, 0.6) is 0 Å². The maximum atomic E-state index is 9.45. The van der Waals surface area contributed by atoms with E-state index in [1.807, 2.05) is 0 Å². The maximum Gasteiger partial charge on any atom is 0.0789 e. The summed E-state index contributed by atoms with van der Waals surface area (Å²) in [5, 5.41) is 9.45. The second-order valence-corrected chi connectivity index (χ2v) is 4.47. The number of aliphatic hydroxyl groups excluding tert-OH is 1. The third-order valence-corrected chi connectivity index (χ3v) is 2.38. The van der Waals surface area contributed by atoms with Crippen LogP contribution in [0.2, 0.25) is 0 Å². The molecule has 0 spiro atoms. The molecule has 0 amide bonds. The van der Waals surface area contributed by atoms with Gasteiger partial charge < -0.3 is 10.8 Å². The molecule has 0 aromatic heterocycles. The summed E-state index contributed by atoms with van der Waals surface area (Å²) in [6, 6.07) is 0.726. The van der Waals surface area contributed by atoms with Gasteiger partial charge in [0.25, 0.3) is 0 Å². The molecule has 3 nitrogen and oxygen atoms in total. The van der Waals surface area contributed by atoms with Crippen LogP contribution in [0.1, 0.15) is 26.7 Å². The van der Waals surface area contributed by atoms with Crippen LogP contribution < -0.4 is 5.73 Å². The van der Waals surface area contributed by atoms with Crippen molar-refractivity contribution < 1.29 is 5.11 Å². The highest BCUT2D eigenvalue weighted by Gasteiger charge is 2.29. The first-order chi connectivity index (χ1) is 6.13. The summed E-state index contributed by atoms with van der Waals surface area (Å²) < 4.78 is 0. The first kappa shape index (κ1) is 11.0. The van der Waals surface area contributed by atoms with E-state index in [1.54, 1.807) is 0 Å². The summed E-state index contributed by atoms with van der Waals surface area (Å²) in [4.78, 5) is 2.38. The molecule has 1 unspecified atom stereocenters. The molecule has 1 aliphatic rings. The molecular formula is C10H22N2O. The molecule has 3 N–H and O–H groups in total. The first-order valence-electron chi connectivity index (χ1n) is 5.25. The molecule has 0 heterocycles. The zero-order chi connectivity index (χ0) is 9.84. The molecule has 0 saturated heterocycles. The van der Waals surface area contributed by atoms with Crippen LogP contribution in [-0.4, -0.2) is 41.8 Å². The van der Waals surface area contributed by atoms with Crippen molar-refractivity contribution >= 4 is 0 Å². The summed E-state index contributed by atoms with van der Waals surface area (Å²) >= 11 is 0. The fourth-order valence-electron chi connectivity index (χ4n) is 1.63. The zero-order valence-electron chi connectivity index (χ0n) is 8.74. The molecule has 0 aromatic carbocycles. The molecule has 0 bridgehead atoms. The Bertz CT molecular complexity index is 146. The molecule has 13 heavy (non-hydrogen) atoms. The van der Waals surface area contributed by atoms with Gasteiger partial charge in [-0.2, -0.15) is 0 Å². The van der Waals surface area contributed by atoms with Gasteiger partial charge in [0.05, 0.1) is 6.10 Å². The Labute approximate surface area is 80.9 Å². The van der Waals surface area contributed by atoms with Gasteiger partial charge in [0.15, 0.2) is 0 Å². The summed E-state index contributed by atoms with van der Waals surface area (Å²) in [7, 11) is 0. The molecule has 1 atom stereocenters. The Kier molecular flexibility index (Phi) is 4.16. The Morgan fingerprint density at radius 2 is 2.00 bits per heavy atom. The van der Waals surface area contributed by atoms with E-state index in [2.05, 4.69) is 18.7 Å². The van der Waals surface area contributed by atoms with Crippen LogP contribution in [0.4, 0.5) is 0 Å². The summed E-state index contributed by atoms with van der Waals surface area (Å²) in [6.07, 6.45) is 2.24. The molecule has 0 aliphatic heterocycles. The average Bonchev–Trinajstić information content (AvgIpc) is 2.84. The van der Waals surface area contributed by atoms with E-state index >= 15 is 0 Å². The van der Waals surface area contributed by atoms with Crippen molar-refractivity contribution in [3.63, 3.8) is 0 Å². The van der Waals surface area contributed by atoms with E-state index in [-0.39, 0.29) is 6.10 Å². The van der Waals surface area contributed by atoms with Gasteiger partial charge in [-0.25, -0.2) is 0 Å². The summed E-state index contributed by atoms with van der Waals surface area (Å²) in [6.45, 7) is 6.64. The fourth-order valence-corrected chi connectivity index (χ4v) is 1.63. The first-order valence-corrected chi connectivity index (χ1v) is 5.25. The molecule has 0 aromatic rings. The molecule has 1 aliphatic carbocycles. The minimum Gasteiger partial charge on any atom is -0.390 e. The highest BCUT2D eigenvalue weighted by molar-refractivity contribution is 4.86. The van der Waals surface area contributed by atoms with Crippen LogP contribution in [0.25, 0.3) is 0 Å². The minimum atomic E-state index is -0.348. The molecule has 78 valence electrons. The number of aliphatic hydroxyl groups is 1. The van der Waals surface area contributed by atoms with E-state index in [1.165, 1.54) is 12.8 Å². The quantitative estimate of drug-likeness (QED) is 0.632. The van der Waals surface area contributed by atoms with Gasteiger partial charge >= 0.3 is 0 Å². The molecule has 1 fully saturated rings. The third-order valence-electron chi connectivity index (χ3n) is 2.38. The van der Waals surface area contributed by atoms with Gasteiger partial charge in [0.2, 0.25) is 0 Å². The Morgan fingerprint density at radius 1 is 1.38 bits per heavy atom. The van der Waals surface area contributed by atoms with E-state index in [9.17, 15) is 5.11 Å². The van der Waals surface area contributed by atoms with Crippen LogP contribution in [-0.2, 0) is 0 Å². The van der Waals surface area contributed by atoms with Crippen LogP contribution in [0, 0.1) is 5.92 Å². The van der Waals surface area contributed by atoms with Gasteiger partial charge in [-0.3, -0.25) is 4.90 Å². The van der Waals surface area contributed by atoms with Crippen molar-refractivity contribution in [2.45, 2.75) is 38.8 Å². The average molecular weight is 186 g/mol. The minimum absolute atomic E-state index is 0.348. The Balaban J connectivity index is 2.29. The van der Waals surface area contributed by atoms with Crippen molar-refractivity contribution in [1.29, 1.82) is 0 Å². The molecule has 1 rings (SSSR count). The van der Waals surface area contributed by atoms with Crippen molar-refractivity contribution in [3.8, 4) is 0 Å². The summed E-state index contributed by atoms with van der Waals surface area (Å²) in [5.74, 6) is 0.672. The second-order valence-electron chi connectivity index (χ2n) is 4.47. The van der Waals surface area contributed by atoms with Crippen LogP contribution >= 0.6 is 0 Å². The summed E-state index contributed by atoms with van der Waals surface area (Å²) in [5.41, 5.74) is 5.40. The lowest BCUT2D eigenvalue weighted by atomic mass is 10.2. The monoisotopic (exact) mass is 186 g/mol. The molecule has 3 heteroatoms. The SMILES string of the molecule is CC(C)CN(CC(O)CN)C1CC1. The lowest BCUT2D eigenvalue weighted by Crippen LogP contribution is -2.39. The fraction of sp³-hybridized carbons (Fsp3) is 1.00. The zero-order valence-corrected chi connectivity index (χ0v) is 8.74. The van der Waals surface area contributed by atoms with E-state index in [0.717, 1.165) is 19.1 Å². The van der Waals surface area contributed by atoms with Crippen molar-refractivity contribution in [2.24, 2.45) is 11.7 Å².